The number of pyridine rings is 1. The number of imidazole rings is 1. The minimum absolute atomic E-state index is 0.0153. The van der Waals surface area contributed by atoms with E-state index in [0.717, 1.165) is 49.0 Å². The van der Waals surface area contributed by atoms with Gasteiger partial charge < -0.3 is 44.5 Å². The molecule has 0 saturated carbocycles. The van der Waals surface area contributed by atoms with Gasteiger partial charge in [0.15, 0.2) is 0 Å². The van der Waals surface area contributed by atoms with E-state index in [2.05, 4.69) is 40.3 Å². The van der Waals surface area contributed by atoms with Crippen molar-refractivity contribution in [2.75, 3.05) is 30.5 Å². The molecule has 4 rings (SSSR count). The topological polar surface area (TPSA) is 227 Å². The number of rotatable bonds is 20. The van der Waals surface area contributed by atoms with Crippen molar-refractivity contribution in [3.8, 4) is 0 Å². The SMILES string of the molecule is C=CC.C=NC(=O)OCCCCCC.CC.CC.CC(C)=O.CCCC(CC)OC(=O)OC(C)OC(=O)CCN(C(=O)c1ccc2c(c1)nc(CNc1ccc(CN)cc1)n2C)c1ccccn1.CO. The zero-order valence-electron chi connectivity index (χ0n) is 44.4. The average Bonchev–Trinajstić information content (AvgIpc) is 3.69. The Hall–Kier alpha value is -6.46. The van der Waals surface area contributed by atoms with Gasteiger partial charge in [-0.05, 0) is 94.8 Å². The fourth-order valence-corrected chi connectivity index (χ4v) is 5.64. The smallest absolute Gasteiger partial charge is 0.448 e. The number of aliphatic hydroxyl groups excluding tert-OH is 1. The van der Waals surface area contributed by atoms with Gasteiger partial charge in [0.2, 0.25) is 6.29 Å². The number of fused-ring (bicyclic) bond motifs is 1. The predicted octanol–water partition coefficient (Wildman–Crippen LogP) is 11.5. The number of nitrogens with two attached hydrogens (primary N) is 1. The van der Waals surface area contributed by atoms with Crippen LogP contribution in [-0.4, -0.2) is 88.9 Å². The van der Waals surface area contributed by atoms with E-state index in [4.69, 9.17) is 30.0 Å². The lowest BCUT2D eigenvalue weighted by molar-refractivity contribution is -0.168. The molecule has 2 atom stereocenters. The number of unbranched alkanes of at least 4 members (excludes halogenated alkanes) is 3. The molecule has 2 unspecified atom stereocenters. The summed E-state index contributed by atoms with van der Waals surface area (Å²) in [6.45, 7) is 28.3. The average molecular weight is 980 g/mol. The van der Waals surface area contributed by atoms with Gasteiger partial charge in [-0.25, -0.2) is 19.6 Å². The number of nitrogens with one attached hydrogen (secondary N) is 1. The van der Waals surface area contributed by atoms with Crippen LogP contribution in [0.2, 0.25) is 0 Å². The molecule has 70 heavy (non-hydrogen) atoms. The third-order valence-electron chi connectivity index (χ3n) is 8.81. The van der Waals surface area contributed by atoms with Crippen LogP contribution in [0.3, 0.4) is 0 Å². The number of aryl methyl sites for hydroxylation is 1. The highest BCUT2D eigenvalue weighted by atomic mass is 16.8. The lowest BCUT2D eigenvalue weighted by atomic mass is 10.1. The maximum Gasteiger partial charge on any atom is 0.511 e. The molecule has 0 saturated heterocycles. The Morgan fingerprint density at radius 1 is 0.914 bits per heavy atom. The summed E-state index contributed by atoms with van der Waals surface area (Å²) in [7, 11) is 2.93. The van der Waals surface area contributed by atoms with Crippen LogP contribution in [0, 0.1) is 0 Å². The summed E-state index contributed by atoms with van der Waals surface area (Å²) in [5.41, 5.74) is 9.61. The first-order valence-electron chi connectivity index (χ1n) is 24.1. The number of aromatic nitrogens is 3. The third kappa shape index (κ3) is 30.1. The highest BCUT2D eigenvalue weighted by Crippen LogP contribution is 2.22. The van der Waals surface area contributed by atoms with Crippen molar-refractivity contribution in [2.24, 2.45) is 17.8 Å². The quantitative estimate of drug-likeness (QED) is 0.0187. The zero-order valence-corrected chi connectivity index (χ0v) is 44.4. The van der Waals surface area contributed by atoms with Gasteiger partial charge in [-0.15, -0.1) is 6.58 Å². The van der Waals surface area contributed by atoms with Crippen molar-refractivity contribution in [2.45, 2.75) is 153 Å². The number of esters is 1. The Balaban J connectivity index is -0.00000156. The molecule has 0 aliphatic heterocycles. The van der Waals surface area contributed by atoms with E-state index in [1.54, 1.807) is 42.6 Å². The molecule has 0 aliphatic rings. The molecule has 2 amide bonds. The molecule has 2 aromatic carbocycles. The van der Waals surface area contributed by atoms with E-state index >= 15 is 0 Å². The van der Waals surface area contributed by atoms with E-state index < -0.39 is 24.5 Å². The highest BCUT2D eigenvalue weighted by Gasteiger charge is 2.23. The third-order valence-corrected chi connectivity index (χ3v) is 8.81. The molecule has 4 N–H and O–H groups in total. The largest absolute Gasteiger partial charge is 0.511 e. The van der Waals surface area contributed by atoms with Crippen LogP contribution in [0.1, 0.15) is 149 Å². The normalized spacial score (nSPS) is 10.3. The molecule has 2 aromatic heterocycles. The lowest BCUT2D eigenvalue weighted by Crippen LogP contribution is -2.34. The van der Waals surface area contributed by atoms with E-state index in [1.807, 2.05) is 90.4 Å². The van der Waals surface area contributed by atoms with Crippen LogP contribution in [0.4, 0.5) is 21.1 Å². The number of anilines is 2. The Kier molecular flexibility index (Phi) is 42.4. The number of carbonyl (C=O) groups is 5. The monoisotopic (exact) mass is 980 g/mol. The van der Waals surface area contributed by atoms with Gasteiger partial charge in [0.05, 0.1) is 30.6 Å². The van der Waals surface area contributed by atoms with Gasteiger partial charge in [-0.2, -0.15) is 4.99 Å². The summed E-state index contributed by atoms with van der Waals surface area (Å²) in [6, 6.07) is 18.4. The number of hydrogen-bond donors (Lipinski definition) is 3. The van der Waals surface area contributed by atoms with Crippen molar-refractivity contribution < 1.29 is 48.0 Å². The molecule has 0 aliphatic carbocycles. The fourth-order valence-electron chi connectivity index (χ4n) is 5.64. The van der Waals surface area contributed by atoms with E-state index in [9.17, 15) is 24.0 Å². The second-order valence-corrected chi connectivity index (χ2v) is 14.5. The molecule has 0 fully saturated rings. The van der Waals surface area contributed by atoms with E-state index in [1.165, 1.54) is 38.5 Å². The van der Waals surface area contributed by atoms with Crippen LogP contribution >= 0.6 is 0 Å². The minimum Gasteiger partial charge on any atom is -0.448 e. The molecular weight excluding hydrogens is 895 g/mol. The first-order chi connectivity index (χ1) is 33.7. The van der Waals surface area contributed by atoms with Crippen LogP contribution in [0.15, 0.2) is 84.5 Å². The molecule has 17 heteroatoms. The first kappa shape index (κ1) is 67.8. The summed E-state index contributed by atoms with van der Waals surface area (Å²) in [5, 5.41) is 10.4. The van der Waals surface area contributed by atoms with Gasteiger partial charge in [-0.3, -0.25) is 14.5 Å². The maximum absolute atomic E-state index is 13.8. The molecule has 0 spiro atoms. The van der Waals surface area contributed by atoms with Gasteiger partial charge in [-0.1, -0.05) is 98.4 Å². The number of nitrogens with zero attached hydrogens (tertiary/aromatic N) is 5. The lowest BCUT2D eigenvalue weighted by Gasteiger charge is -2.22. The summed E-state index contributed by atoms with van der Waals surface area (Å²) < 4.78 is 22.3. The number of amides is 2. The Labute approximate surface area is 418 Å². The summed E-state index contributed by atoms with van der Waals surface area (Å²) in [5.74, 6) is 0.335. The van der Waals surface area contributed by atoms with Crippen molar-refractivity contribution >= 4 is 59.2 Å². The molecular formula is C53H85N7O10. The molecule has 392 valence electrons. The number of benzene rings is 2. The van der Waals surface area contributed by atoms with Crippen molar-refractivity contribution in [1.82, 2.24) is 14.5 Å². The van der Waals surface area contributed by atoms with E-state index in [-0.39, 0.29) is 30.8 Å². The first-order valence-corrected chi connectivity index (χ1v) is 24.1. The Morgan fingerprint density at radius 2 is 1.54 bits per heavy atom. The molecule has 0 radical (unpaired) electrons. The standard InChI is InChI=1S/C34H42N6O6.C8H15NO2.C3H6O.C3H6.2C2H6.CH4O/c1-5-9-27(6-2)46-34(43)45-23(3)44-32(41)17-19-40(30-10-7-8-18-36-30)33(42)25-13-16-29-28(20-25)38-31(39(29)4)22-37-26-14-11-24(21-35)12-15-26;1-3-4-5-6-7-11-8(10)9-2;1-3(2)4;1-3-2;3*1-2/h7-8,10-16,18,20,23,27,37H,5-6,9,17,19,21-22,35H2,1-4H3;2-7H2,1H3;1-2H3;3H,1H2,2H3;2*1-2H3;2H,1H3. The number of Topliss-reactive ketones (excluding diaryl/α,β-unsaturated/α-hetero) is 1. The van der Waals surface area contributed by atoms with E-state index in [0.29, 0.717) is 49.4 Å². The van der Waals surface area contributed by atoms with Crippen LogP contribution in [0.5, 0.6) is 0 Å². The zero-order chi connectivity index (χ0) is 53.9. The number of ketones is 1. The van der Waals surface area contributed by atoms with Gasteiger partial charge in [0.25, 0.3) is 5.91 Å². The number of hydrogen-bond acceptors (Lipinski definition) is 14. The van der Waals surface area contributed by atoms with Gasteiger partial charge in [0.1, 0.15) is 23.5 Å². The molecule has 4 aromatic rings. The number of aliphatic imine (C=N–C) groups is 1. The van der Waals surface area contributed by atoms with Crippen molar-refractivity contribution in [3.63, 3.8) is 0 Å². The van der Waals surface area contributed by atoms with Crippen LogP contribution < -0.4 is 16.0 Å². The van der Waals surface area contributed by atoms with Crippen molar-refractivity contribution in [3.05, 3.63) is 96.5 Å². The Morgan fingerprint density at radius 3 is 2.07 bits per heavy atom. The van der Waals surface area contributed by atoms with Crippen LogP contribution in [-0.2, 0) is 48.7 Å². The number of ether oxygens (including phenoxy) is 4. The second-order valence-electron chi connectivity index (χ2n) is 14.5. The van der Waals surface area contributed by atoms with Gasteiger partial charge >= 0.3 is 18.2 Å². The predicted molar refractivity (Wildman–Crippen MR) is 283 cm³/mol. The van der Waals surface area contributed by atoms with Crippen molar-refractivity contribution in [1.29, 1.82) is 0 Å². The summed E-state index contributed by atoms with van der Waals surface area (Å²) in [6.07, 6.45) is 6.94. The maximum atomic E-state index is 13.8. The molecule has 2 heterocycles. The molecule has 0 bridgehead atoms. The minimum atomic E-state index is -1.15. The summed E-state index contributed by atoms with van der Waals surface area (Å²) in [4.78, 5) is 72.0. The number of allylic oxidation sites excluding steroid dienone is 1. The Bertz CT molecular complexity index is 2020. The van der Waals surface area contributed by atoms with Crippen LogP contribution in [0.25, 0.3) is 11.0 Å². The number of carbonyl (C=O) groups excluding carboxylic acids is 5. The van der Waals surface area contributed by atoms with Gasteiger partial charge in [0, 0.05) is 51.6 Å². The highest BCUT2D eigenvalue weighted by molar-refractivity contribution is 6.07. The number of aliphatic hydroxyl groups is 1. The summed E-state index contributed by atoms with van der Waals surface area (Å²) >= 11 is 0. The second kappa shape index (κ2) is 43.8. The fraction of sp³-hybridized carbons (Fsp3) is 0.509. The molecule has 17 nitrogen and oxygen atoms in total.